The van der Waals surface area contributed by atoms with Gasteiger partial charge in [-0.05, 0) is 47.6 Å². The van der Waals surface area contributed by atoms with Crippen molar-refractivity contribution in [3.8, 4) is 5.75 Å². The van der Waals surface area contributed by atoms with Gasteiger partial charge in [0, 0.05) is 11.1 Å². The Morgan fingerprint density at radius 2 is 1.56 bits per heavy atom. The van der Waals surface area contributed by atoms with Crippen LogP contribution in [0.2, 0.25) is 0 Å². The molecule has 0 saturated heterocycles. The van der Waals surface area contributed by atoms with Crippen LogP contribution in [-0.2, 0) is 22.2 Å². The average molecular weight is 370 g/mol. The monoisotopic (exact) mass is 370 g/mol. The maximum atomic E-state index is 11.0. The molecular weight excluding hydrogens is 340 g/mol. The number of phenols is 1. The van der Waals surface area contributed by atoms with E-state index in [1.165, 1.54) is 4.68 Å². The average Bonchev–Trinajstić information content (AvgIpc) is 2.82. The second-order valence-corrected chi connectivity index (χ2v) is 9.06. The minimum atomic E-state index is -0.928. The molecule has 0 fully saturated rings. The normalized spacial score (nSPS) is 12.7. The van der Waals surface area contributed by atoms with E-state index in [2.05, 4.69) is 46.6 Å². The van der Waals surface area contributed by atoms with Crippen molar-refractivity contribution < 1.29 is 15.0 Å². The quantitative estimate of drug-likeness (QED) is 0.814. The van der Waals surface area contributed by atoms with Crippen LogP contribution in [0.3, 0.4) is 0 Å². The molecule has 0 aliphatic rings. The number of benzene rings is 1. The Kier molecular flexibility index (Phi) is 5.55. The van der Waals surface area contributed by atoms with Gasteiger partial charge < -0.3 is 10.2 Å². The predicted octanol–water partition coefficient (Wildman–Crippen LogP) is 4.75. The van der Waals surface area contributed by atoms with Crippen molar-refractivity contribution >= 4 is 18.1 Å². The Hall–Kier alpha value is -2.56. The summed E-state index contributed by atoms with van der Waals surface area (Å²) in [6, 6.07) is 5.84. The van der Waals surface area contributed by atoms with Crippen molar-refractivity contribution in [1.29, 1.82) is 0 Å². The molecule has 5 heteroatoms. The maximum absolute atomic E-state index is 11.0. The van der Waals surface area contributed by atoms with E-state index in [9.17, 15) is 9.90 Å². The van der Waals surface area contributed by atoms with Gasteiger partial charge in [-0.15, -0.1) is 0 Å². The Labute approximate surface area is 161 Å². The third-order valence-electron chi connectivity index (χ3n) is 4.41. The zero-order valence-corrected chi connectivity index (χ0v) is 17.3. The van der Waals surface area contributed by atoms with E-state index >= 15 is 0 Å². The number of nitrogens with zero attached hydrogens (tertiary/aromatic N) is 2. The summed E-state index contributed by atoms with van der Waals surface area (Å²) in [5, 5.41) is 24.1. The number of aliphatic carboxylic acids is 1. The predicted molar refractivity (Wildman–Crippen MR) is 109 cm³/mol. The minimum absolute atomic E-state index is 0.177. The fourth-order valence-electron chi connectivity index (χ4n) is 3.03. The fourth-order valence-corrected chi connectivity index (χ4v) is 3.03. The maximum Gasteiger partial charge on any atom is 0.325 e. The number of aromatic hydroxyl groups is 1. The summed E-state index contributed by atoms with van der Waals surface area (Å²) in [4.78, 5) is 11.0. The van der Waals surface area contributed by atoms with Gasteiger partial charge in [0.25, 0.3) is 0 Å². The van der Waals surface area contributed by atoms with Gasteiger partial charge in [-0.2, -0.15) is 5.10 Å². The lowest BCUT2D eigenvalue weighted by Gasteiger charge is -2.27. The second kappa shape index (κ2) is 7.22. The molecule has 1 aromatic carbocycles. The summed E-state index contributed by atoms with van der Waals surface area (Å²) in [5.74, 6) is -0.582. The van der Waals surface area contributed by atoms with Gasteiger partial charge in [-0.25, -0.2) is 0 Å². The first kappa shape index (κ1) is 20.7. The minimum Gasteiger partial charge on any atom is -0.507 e. The van der Waals surface area contributed by atoms with E-state index in [0.717, 1.165) is 28.1 Å². The number of hydrogen-bond acceptors (Lipinski definition) is 3. The standard InChI is InChI=1S/C22H30N2O3/c1-14-10-16(24(23-14)13-19(25)26)9-8-15-11-17(21(2,3)4)20(27)18(12-15)22(5,6)7/h8-12,27H,13H2,1-7H3,(H,25,26). The molecular formula is C22H30N2O3. The van der Waals surface area contributed by atoms with E-state index in [1.54, 1.807) is 0 Å². The number of rotatable bonds is 4. The van der Waals surface area contributed by atoms with E-state index in [4.69, 9.17) is 5.11 Å². The van der Waals surface area contributed by atoms with Gasteiger partial charge >= 0.3 is 5.97 Å². The van der Waals surface area contributed by atoms with Crippen molar-refractivity contribution in [3.05, 3.63) is 46.3 Å². The van der Waals surface area contributed by atoms with Crippen LogP contribution in [-0.4, -0.2) is 26.0 Å². The Balaban J connectivity index is 2.54. The van der Waals surface area contributed by atoms with Gasteiger partial charge in [-0.3, -0.25) is 9.48 Å². The van der Waals surface area contributed by atoms with Crippen molar-refractivity contribution in [2.45, 2.75) is 65.8 Å². The largest absolute Gasteiger partial charge is 0.507 e. The Morgan fingerprint density at radius 1 is 1.04 bits per heavy atom. The number of carboxylic acids is 1. The number of aryl methyl sites for hydroxylation is 1. The number of aromatic nitrogens is 2. The highest BCUT2D eigenvalue weighted by Gasteiger charge is 2.26. The Bertz CT molecular complexity index is 843. The number of phenolic OH excluding ortho intramolecular Hbond substituents is 1. The molecule has 0 saturated carbocycles. The molecule has 27 heavy (non-hydrogen) atoms. The Morgan fingerprint density at radius 3 is 2.00 bits per heavy atom. The van der Waals surface area contributed by atoms with Crippen LogP contribution >= 0.6 is 0 Å². The smallest absolute Gasteiger partial charge is 0.325 e. The van der Waals surface area contributed by atoms with Crippen molar-refractivity contribution in [2.24, 2.45) is 0 Å². The number of hydrogen-bond donors (Lipinski definition) is 2. The molecule has 2 rings (SSSR count). The molecule has 0 spiro atoms. The molecule has 0 aliphatic carbocycles. The van der Waals surface area contributed by atoms with E-state index in [1.807, 2.05) is 37.3 Å². The molecule has 2 aromatic rings. The first-order valence-corrected chi connectivity index (χ1v) is 9.11. The van der Waals surface area contributed by atoms with Crippen molar-refractivity contribution in [1.82, 2.24) is 9.78 Å². The number of carbonyl (C=O) groups is 1. The summed E-state index contributed by atoms with van der Waals surface area (Å²) in [6.45, 7) is 14.1. The van der Waals surface area contributed by atoms with Crippen molar-refractivity contribution in [2.75, 3.05) is 0 Å². The molecule has 1 heterocycles. The third kappa shape index (κ3) is 5.00. The van der Waals surface area contributed by atoms with Crippen LogP contribution in [0.4, 0.5) is 0 Å². The van der Waals surface area contributed by atoms with Crippen LogP contribution < -0.4 is 0 Å². The molecule has 0 radical (unpaired) electrons. The van der Waals surface area contributed by atoms with Gasteiger partial charge in [0.15, 0.2) is 0 Å². The molecule has 1 aromatic heterocycles. The zero-order chi connectivity index (χ0) is 20.6. The molecule has 0 unspecified atom stereocenters. The molecule has 0 amide bonds. The summed E-state index contributed by atoms with van der Waals surface area (Å²) in [5.41, 5.74) is 3.86. The third-order valence-corrected chi connectivity index (χ3v) is 4.41. The molecule has 0 aliphatic heterocycles. The van der Waals surface area contributed by atoms with Crippen LogP contribution in [0.5, 0.6) is 5.75 Å². The van der Waals surface area contributed by atoms with Gasteiger partial charge in [0.2, 0.25) is 0 Å². The highest BCUT2D eigenvalue weighted by Crippen LogP contribution is 2.40. The fraction of sp³-hybridized carbons (Fsp3) is 0.455. The summed E-state index contributed by atoms with van der Waals surface area (Å²) in [6.07, 6.45) is 3.81. The van der Waals surface area contributed by atoms with Gasteiger partial charge in [0.05, 0.1) is 11.4 Å². The van der Waals surface area contributed by atoms with Gasteiger partial charge in [0.1, 0.15) is 12.3 Å². The first-order valence-electron chi connectivity index (χ1n) is 9.11. The van der Waals surface area contributed by atoms with Crippen LogP contribution in [0.25, 0.3) is 12.2 Å². The highest BCUT2D eigenvalue weighted by molar-refractivity contribution is 5.72. The van der Waals surface area contributed by atoms with Crippen LogP contribution in [0, 0.1) is 6.92 Å². The van der Waals surface area contributed by atoms with E-state index in [0.29, 0.717) is 5.75 Å². The molecule has 0 bridgehead atoms. The molecule has 2 N–H and O–H groups in total. The lowest BCUT2D eigenvalue weighted by atomic mass is 9.78. The number of carboxylic acid groups (broad SMARTS) is 1. The first-order chi connectivity index (χ1) is 12.3. The summed E-state index contributed by atoms with van der Waals surface area (Å²) >= 11 is 0. The second-order valence-electron chi connectivity index (χ2n) is 9.06. The van der Waals surface area contributed by atoms with Crippen LogP contribution in [0.1, 0.15) is 69.6 Å². The topological polar surface area (TPSA) is 75.4 Å². The summed E-state index contributed by atoms with van der Waals surface area (Å²) < 4.78 is 1.48. The highest BCUT2D eigenvalue weighted by atomic mass is 16.4. The van der Waals surface area contributed by atoms with Gasteiger partial charge in [-0.1, -0.05) is 47.6 Å². The summed E-state index contributed by atoms with van der Waals surface area (Å²) in [7, 11) is 0. The van der Waals surface area contributed by atoms with E-state index < -0.39 is 5.97 Å². The van der Waals surface area contributed by atoms with Crippen molar-refractivity contribution in [3.63, 3.8) is 0 Å². The SMILES string of the molecule is Cc1cc(C=Cc2cc(C(C)(C)C)c(O)c(C(C)(C)C)c2)n(CC(=O)O)n1. The van der Waals surface area contributed by atoms with E-state index in [-0.39, 0.29) is 17.4 Å². The molecule has 5 nitrogen and oxygen atoms in total. The lowest BCUT2D eigenvalue weighted by Crippen LogP contribution is -2.17. The molecule has 146 valence electrons. The molecule has 0 atom stereocenters. The van der Waals surface area contributed by atoms with Crippen LogP contribution in [0.15, 0.2) is 18.2 Å². The zero-order valence-electron chi connectivity index (χ0n) is 17.3. The lowest BCUT2D eigenvalue weighted by molar-refractivity contribution is -0.137.